The lowest BCUT2D eigenvalue weighted by atomic mass is 9.88. The molecule has 1 aliphatic rings. The number of hydrogen-bond acceptors (Lipinski definition) is 2. The van der Waals surface area contributed by atoms with Gasteiger partial charge in [0.25, 0.3) is 0 Å². The van der Waals surface area contributed by atoms with E-state index in [4.69, 9.17) is 4.74 Å². The van der Waals surface area contributed by atoms with Crippen LogP contribution in [0.3, 0.4) is 0 Å². The Morgan fingerprint density at radius 2 is 2.00 bits per heavy atom. The zero-order valence-electron chi connectivity index (χ0n) is 10.9. The molecule has 0 amide bonds. The van der Waals surface area contributed by atoms with Crippen LogP contribution < -0.4 is 5.32 Å². The summed E-state index contributed by atoms with van der Waals surface area (Å²) >= 11 is 0. The summed E-state index contributed by atoms with van der Waals surface area (Å²) in [6.07, 6.45) is 5.21. The molecule has 1 atom stereocenters. The Hall–Kier alpha value is -0.860. The summed E-state index contributed by atoms with van der Waals surface area (Å²) in [4.78, 5) is 0. The highest BCUT2D eigenvalue weighted by atomic mass is 16.5. The molecule has 0 spiro atoms. The largest absolute Gasteiger partial charge is 0.381 e. The summed E-state index contributed by atoms with van der Waals surface area (Å²) in [7, 11) is 1.81. The Labute approximate surface area is 104 Å². The fourth-order valence-corrected chi connectivity index (χ4v) is 2.41. The molecule has 1 unspecified atom stereocenters. The molecular weight excluding hydrogens is 210 g/mol. The molecule has 0 bridgehead atoms. The van der Waals surface area contributed by atoms with E-state index in [1.165, 1.54) is 24.8 Å². The van der Waals surface area contributed by atoms with Crippen molar-refractivity contribution >= 4 is 0 Å². The van der Waals surface area contributed by atoms with Crippen LogP contribution in [0.4, 0.5) is 0 Å². The Bertz CT molecular complexity index is 319. The number of ether oxygens (including phenoxy) is 1. The van der Waals surface area contributed by atoms with Crippen LogP contribution in [0, 0.1) is 0 Å². The first-order valence-corrected chi connectivity index (χ1v) is 6.60. The van der Waals surface area contributed by atoms with Crippen molar-refractivity contribution in [2.24, 2.45) is 0 Å². The first kappa shape index (κ1) is 12.6. The van der Waals surface area contributed by atoms with E-state index in [0.717, 1.165) is 6.42 Å². The molecular formula is C15H23NO. The van der Waals surface area contributed by atoms with Crippen LogP contribution in [0.25, 0.3) is 0 Å². The summed E-state index contributed by atoms with van der Waals surface area (Å²) in [5, 5.41) is 3.67. The van der Waals surface area contributed by atoms with Gasteiger partial charge in [0.1, 0.15) is 0 Å². The van der Waals surface area contributed by atoms with Crippen molar-refractivity contribution in [2.75, 3.05) is 7.11 Å². The molecule has 94 valence electrons. The Balaban J connectivity index is 1.63. The molecule has 0 radical (unpaired) electrons. The second-order valence-corrected chi connectivity index (χ2v) is 5.12. The standard InChI is InChI=1S/C15H23NO/c1-12(16-14-10-15(11-14)17-2)8-9-13-6-4-3-5-7-13/h3-7,12,14-16H,8-11H2,1-2H3. The van der Waals surface area contributed by atoms with Crippen LogP contribution in [-0.2, 0) is 11.2 Å². The number of methoxy groups -OCH3 is 1. The zero-order valence-corrected chi connectivity index (χ0v) is 10.9. The van der Waals surface area contributed by atoms with E-state index < -0.39 is 0 Å². The van der Waals surface area contributed by atoms with Gasteiger partial charge in [0.05, 0.1) is 6.10 Å². The van der Waals surface area contributed by atoms with Crippen molar-refractivity contribution in [2.45, 2.75) is 50.8 Å². The van der Waals surface area contributed by atoms with Gasteiger partial charge < -0.3 is 10.1 Å². The number of hydrogen-bond donors (Lipinski definition) is 1. The van der Waals surface area contributed by atoms with Crippen LogP contribution in [0.2, 0.25) is 0 Å². The summed E-state index contributed by atoms with van der Waals surface area (Å²) in [6.45, 7) is 2.28. The van der Waals surface area contributed by atoms with Crippen LogP contribution in [0.15, 0.2) is 30.3 Å². The first-order valence-electron chi connectivity index (χ1n) is 6.60. The average molecular weight is 233 g/mol. The minimum absolute atomic E-state index is 0.494. The lowest BCUT2D eigenvalue weighted by molar-refractivity contribution is 0.0145. The molecule has 1 N–H and O–H groups in total. The molecule has 0 saturated heterocycles. The van der Waals surface area contributed by atoms with E-state index in [1.807, 2.05) is 0 Å². The third-order valence-corrected chi connectivity index (χ3v) is 3.66. The fourth-order valence-electron chi connectivity index (χ4n) is 2.41. The zero-order chi connectivity index (χ0) is 12.1. The molecule has 2 rings (SSSR count). The van der Waals surface area contributed by atoms with Crippen LogP contribution in [0.5, 0.6) is 0 Å². The number of aryl methyl sites for hydroxylation is 1. The van der Waals surface area contributed by atoms with Gasteiger partial charge in [-0.15, -0.1) is 0 Å². The predicted octanol–water partition coefficient (Wildman–Crippen LogP) is 2.77. The summed E-state index contributed by atoms with van der Waals surface area (Å²) in [5.74, 6) is 0. The Morgan fingerprint density at radius 3 is 2.65 bits per heavy atom. The lowest BCUT2D eigenvalue weighted by Crippen LogP contribution is -2.48. The van der Waals surface area contributed by atoms with E-state index in [-0.39, 0.29) is 0 Å². The van der Waals surface area contributed by atoms with Gasteiger partial charge in [0, 0.05) is 19.2 Å². The normalized spacial score (nSPS) is 25.3. The molecule has 0 heterocycles. The fraction of sp³-hybridized carbons (Fsp3) is 0.600. The van der Waals surface area contributed by atoms with Gasteiger partial charge in [-0.25, -0.2) is 0 Å². The van der Waals surface area contributed by atoms with Crippen molar-refractivity contribution in [1.82, 2.24) is 5.32 Å². The Kier molecular flexibility index (Phi) is 4.57. The third-order valence-electron chi connectivity index (χ3n) is 3.66. The van der Waals surface area contributed by atoms with Crippen LogP contribution in [0.1, 0.15) is 31.7 Å². The van der Waals surface area contributed by atoms with Gasteiger partial charge in [-0.1, -0.05) is 30.3 Å². The lowest BCUT2D eigenvalue weighted by Gasteiger charge is -2.36. The molecule has 1 saturated carbocycles. The first-order chi connectivity index (χ1) is 8.28. The van der Waals surface area contributed by atoms with Crippen molar-refractivity contribution in [1.29, 1.82) is 0 Å². The SMILES string of the molecule is COC1CC(NC(C)CCc2ccccc2)C1. The maximum atomic E-state index is 5.29. The van der Waals surface area contributed by atoms with Crippen LogP contribution >= 0.6 is 0 Å². The molecule has 2 heteroatoms. The maximum Gasteiger partial charge on any atom is 0.0601 e. The van der Waals surface area contributed by atoms with Crippen molar-refractivity contribution in [3.05, 3.63) is 35.9 Å². The topological polar surface area (TPSA) is 21.3 Å². The predicted molar refractivity (Wildman–Crippen MR) is 71.2 cm³/mol. The van der Waals surface area contributed by atoms with Crippen molar-refractivity contribution in [3.8, 4) is 0 Å². The summed E-state index contributed by atoms with van der Waals surface area (Å²) in [5.41, 5.74) is 1.43. The van der Waals surface area contributed by atoms with E-state index in [9.17, 15) is 0 Å². The smallest absolute Gasteiger partial charge is 0.0601 e. The minimum atomic E-state index is 0.494. The molecule has 1 aromatic carbocycles. The van der Waals surface area contributed by atoms with Gasteiger partial charge in [0.15, 0.2) is 0 Å². The second-order valence-electron chi connectivity index (χ2n) is 5.12. The molecule has 1 aliphatic carbocycles. The van der Waals surface area contributed by atoms with E-state index >= 15 is 0 Å². The van der Waals surface area contributed by atoms with Gasteiger partial charge in [0.2, 0.25) is 0 Å². The number of rotatable bonds is 6. The maximum absolute atomic E-state index is 5.29. The highest BCUT2D eigenvalue weighted by molar-refractivity contribution is 5.14. The molecule has 0 aliphatic heterocycles. The highest BCUT2D eigenvalue weighted by Gasteiger charge is 2.29. The average Bonchev–Trinajstić information content (AvgIpc) is 2.32. The van der Waals surface area contributed by atoms with Gasteiger partial charge in [-0.2, -0.15) is 0 Å². The van der Waals surface area contributed by atoms with Crippen molar-refractivity contribution < 1.29 is 4.74 Å². The van der Waals surface area contributed by atoms with Gasteiger partial charge in [-0.05, 0) is 38.2 Å². The third kappa shape index (κ3) is 3.83. The highest BCUT2D eigenvalue weighted by Crippen LogP contribution is 2.23. The van der Waals surface area contributed by atoms with Gasteiger partial charge in [-0.3, -0.25) is 0 Å². The molecule has 2 nitrogen and oxygen atoms in total. The van der Waals surface area contributed by atoms with Crippen molar-refractivity contribution in [3.63, 3.8) is 0 Å². The molecule has 1 fully saturated rings. The summed E-state index contributed by atoms with van der Waals surface area (Å²) < 4.78 is 5.29. The van der Waals surface area contributed by atoms with Gasteiger partial charge >= 0.3 is 0 Å². The molecule has 17 heavy (non-hydrogen) atoms. The van der Waals surface area contributed by atoms with E-state index in [0.29, 0.717) is 18.2 Å². The van der Waals surface area contributed by atoms with E-state index in [2.05, 4.69) is 42.6 Å². The molecule has 1 aromatic rings. The second kappa shape index (κ2) is 6.18. The number of benzene rings is 1. The van der Waals surface area contributed by atoms with E-state index in [1.54, 1.807) is 7.11 Å². The van der Waals surface area contributed by atoms with Crippen LogP contribution in [-0.4, -0.2) is 25.3 Å². The molecule has 0 aromatic heterocycles. The Morgan fingerprint density at radius 1 is 1.29 bits per heavy atom. The quantitative estimate of drug-likeness (QED) is 0.816. The minimum Gasteiger partial charge on any atom is -0.381 e. The summed E-state index contributed by atoms with van der Waals surface area (Å²) in [6, 6.07) is 12.0. The number of nitrogens with one attached hydrogen (secondary N) is 1. The monoisotopic (exact) mass is 233 g/mol.